The molecule has 0 aliphatic carbocycles. The highest BCUT2D eigenvalue weighted by atomic mass is 16.5. The highest BCUT2D eigenvalue weighted by molar-refractivity contribution is 5.66. The summed E-state index contributed by atoms with van der Waals surface area (Å²) in [6.07, 6.45) is 3.63. The van der Waals surface area contributed by atoms with Crippen LogP contribution in [0.15, 0.2) is 42.0 Å². The lowest BCUT2D eigenvalue weighted by Crippen LogP contribution is -2.22. The van der Waals surface area contributed by atoms with Crippen molar-refractivity contribution in [3.8, 4) is 6.07 Å². The molecule has 0 aromatic heterocycles. The molecular formula is C17H20N2O2. The molecule has 21 heavy (non-hydrogen) atoms. The van der Waals surface area contributed by atoms with E-state index in [-0.39, 0.29) is 5.97 Å². The second-order valence-corrected chi connectivity index (χ2v) is 5.23. The standard InChI is InChI=1S/C17H20N2O2/c1-14(20)21-17(16-7-3-2-4-8-16)11-15(12-18)13-19-9-5-6-10-19/h2-4,7-8,11,17H,5-6,9-10,13H2,1H3/b15-11+. The first-order chi connectivity index (χ1) is 10.2. The molecule has 0 spiro atoms. The molecule has 0 radical (unpaired) electrons. The van der Waals surface area contributed by atoms with E-state index in [2.05, 4.69) is 11.0 Å². The maximum atomic E-state index is 11.3. The Kier molecular flexibility index (Phi) is 5.53. The Bertz CT molecular complexity index is 540. The van der Waals surface area contributed by atoms with Gasteiger partial charge in [-0.3, -0.25) is 9.69 Å². The van der Waals surface area contributed by atoms with Crippen molar-refractivity contribution in [2.24, 2.45) is 0 Å². The minimum absolute atomic E-state index is 0.349. The van der Waals surface area contributed by atoms with Crippen molar-refractivity contribution in [2.75, 3.05) is 19.6 Å². The summed E-state index contributed by atoms with van der Waals surface area (Å²) >= 11 is 0. The van der Waals surface area contributed by atoms with Crippen molar-refractivity contribution in [3.63, 3.8) is 0 Å². The van der Waals surface area contributed by atoms with Crippen LogP contribution in [0.2, 0.25) is 0 Å². The molecule has 0 saturated carbocycles. The quantitative estimate of drug-likeness (QED) is 0.616. The lowest BCUT2D eigenvalue weighted by atomic mass is 10.1. The molecule has 1 heterocycles. The van der Waals surface area contributed by atoms with Gasteiger partial charge in [-0.15, -0.1) is 0 Å². The second-order valence-electron chi connectivity index (χ2n) is 5.23. The number of benzene rings is 1. The first kappa shape index (κ1) is 15.3. The highest BCUT2D eigenvalue weighted by Crippen LogP contribution is 2.21. The van der Waals surface area contributed by atoms with Crippen LogP contribution < -0.4 is 0 Å². The number of nitriles is 1. The molecule has 110 valence electrons. The van der Waals surface area contributed by atoms with Gasteiger partial charge < -0.3 is 4.74 Å². The number of nitrogens with zero attached hydrogens (tertiary/aromatic N) is 2. The van der Waals surface area contributed by atoms with Crippen LogP contribution in [0.1, 0.15) is 31.4 Å². The van der Waals surface area contributed by atoms with Crippen LogP contribution >= 0.6 is 0 Å². The molecule has 1 aromatic carbocycles. The number of carbonyl (C=O) groups excluding carboxylic acids is 1. The zero-order valence-electron chi connectivity index (χ0n) is 12.3. The lowest BCUT2D eigenvalue weighted by Gasteiger charge is -2.17. The zero-order valence-corrected chi connectivity index (χ0v) is 12.3. The van der Waals surface area contributed by atoms with Crippen molar-refractivity contribution in [1.29, 1.82) is 5.26 Å². The van der Waals surface area contributed by atoms with Crippen molar-refractivity contribution in [3.05, 3.63) is 47.5 Å². The fourth-order valence-electron chi connectivity index (χ4n) is 2.51. The van der Waals surface area contributed by atoms with Gasteiger partial charge in [-0.25, -0.2) is 0 Å². The van der Waals surface area contributed by atoms with E-state index in [9.17, 15) is 10.1 Å². The van der Waals surface area contributed by atoms with Crippen LogP contribution in [0.3, 0.4) is 0 Å². The van der Waals surface area contributed by atoms with Crippen LogP contribution in [-0.4, -0.2) is 30.5 Å². The van der Waals surface area contributed by atoms with Gasteiger partial charge in [-0.2, -0.15) is 5.26 Å². The van der Waals surface area contributed by atoms with Crippen LogP contribution in [0.5, 0.6) is 0 Å². The molecule has 1 atom stereocenters. The van der Waals surface area contributed by atoms with Gasteiger partial charge in [0.2, 0.25) is 0 Å². The Balaban J connectivity index is 2.16. The van der Waals surface area contributed by atoms with E-state index < -0.39 is 6.10 Å². The topological polar surface area (TPSA) is 53.3 Å². The molecule has 1 aromatic rings. The summed E-state index contributed by atoms with van der Waals surface area (Å²) in [5.74, 6) is -0.349. The Morgan fingerprint density at radius 1 is 1.38 bits per heavy atom. The summed E-state index contributed by atoms with van der Waals surface area (Å²) in [5.41, 5.74) is 1.52. The van der Waals surface area contributed by atoms with Crippen molar-refractivity contribution >= 4 is 5.97 Å². The fourth-order valence-corrected chi connectivity index (χ4v) is 2.51. The van der Waals surface area contributed by atoms with Crippen molar-refractivity contribution in [2.45, 2.75) is 25.9 Å². The van der Waals surface area contributed by atoms with Crippen LogP contribution in [-0.2, 0) is 9.53 Å². The van der Waals surface area contributed by atoms with Gasteiger partial charge in [0.1, 0.15) is 6.10 Å². The number of rotatable bonds is 5. The molecule has 1 unspecified atom stereocenters. The van der Waals surface area contributed by atoms with Crippen LogP contribution in [0.25, 0.3) is 0 Å². The summed E-state index contributed by atoms with van der Waals surface area (Å²) in [6, 6.07) is 11.7. The first-order valence-corrected chi connectivity index (χ1v) is 7.24. The minimum Gasteiger partial charge on any atom is -0.453 e. The third-order valence-electron chi connectivity index (χ3n) is 3.51. The minimum atomic E-state index is -0.499. The molecular weight excluding hydrogens is 264 g/mol. The van der Waals surface area contributed by atoms with Crippen molar-refractivity contribution in [1.82, 2.24) is 4.90 Å². The summed E-state index contributed by atoms with van der Waals surface area (Å²) in [7, 11) is 0. The number of likely N-dealkylation sites (tertiary alicyclic amines) is 1. The normalized spacial score (nSPS) is 17.2. The van der Waals surface area contributed by atoms with Crippen LogP contribution in [0.4, 0.5) is 0 Å². The third-order valence-corrected chi connectivity index (χ3v) is 3.51. The summed E-state index contributed by atoms with van der Waals surface area (Å²) in [5, 5.41) is 9.33. The Hall–Kier alpha value is -2.12. The van der Waals surface area contributed by atoms with Gasteiger partial charge in [0, 0.05) is 19.0 Å². The maximum Gasteiger partial charge on any atom is 0.303 e. The van der Waals surface area contributed by atoms with E-state index in [1.54, 1.807) is 6.08 Å². The molecule has 0 amide bonds. The summed E-state index contributed by atoms with van der Waals surface area (Å²) in [6.45, 7) is 4.07. The van der Waals surface area contributed by atoms with E-state index >= 15 is 0 Å². The average molecular weight is 284 g/mol. The Morgan fingerprint density at radius 3 is 2.62 bits per heavy atom. The number of ether oxygens (including phenoxy) is 1. The van der Waals surface area contributed by atoms with E-state index in [1.807, 2.05) is 30.3 Å². The third kappa shape index (κ3) is 4.73. The molecule has 1 fully saturated rings. The SMILES string of the molecule is CC(=O)OC(/C=C(\C#N)CN1CCCC1)c1ccccc1. The predicted molar refractivity (Wildman–Crippen MR) is 80.3 cm³/mol. The Morgan fingerprint density at radius 2 is 2.05 bits per heavy atom. The number of hydrogen-bond acceptors (Lipinski definition) is 4. The summed E-state index contributed by atoms with van der Waals surface area (Å²) < 4.78 is 5.35. The van der Waals surface area contributed by atoms with Crippen molar-refractivity contribution < 1.29 is 9.53 Å². The molecule has 2 rings (SSSR count). The smallest absolute Gasteiger partial charge is 0.303 e. The monoisotopic (exact) mass is 284 g/mol. The van der Waals surface area contributed by atoms with E-state index in [0.717, 1.165) is 18.7 Å². The Labute approximate surface area is 125 Å². The molecule has 0 N–H and O–H groups in total. The van der Waals surface area contributed by atoms with Crippen LogP contribution in [0, 0.1) is 11.3 Å². The second kappa shape index (κ2) is 7.61. The number of hydrogen-bond donors (Lipinski definition) is 0. The van der Waals surface area contributed by atoms with E-state index in [4.69, 9.17) is 4.74 Å². The molecule has 1 aliphatic rings. The van der Waals surface area contributed by atoms with Gasteiger partial charge in [0.25, 0.3) is 0 Å². The largest absolute Gasteiger partial charge is 0.453 e. The molecule has 1 saturated heterocycles. The maximum absolute atomic E-state index is 11.3. The molecule has 0 bridgehead atoms. The first-order valence-electron chi connectivity index (χ1n) is 7.24. The van der Waals surface area contributed by atoms with Gasteiger partial charge in [-0.1, -0.05) is 30.3 Å². The van der Waals surface area contributed by atoms with Gasteiger partial charge >= 0.3 is 5.97 Å². The molecule has 4 heteroatoms. The number of esters is 1. The summed E-state index contributed by atoms with van der Waals surface area (Å²) in [4.78, 5) is 13.6. The van der Waals surface area contributed by atoms with Gasteiger partial charge in [0.05, 0.1) is 6.07 Å². The van der Waals surface area contributed by atoms with E-state index in [1.165, 1.54) is 19.8 Å². The average Bonchev–Trinajstić information content (AvgIpc) is 2.99. The number of carbonyl (C=O) groups is 1. The lowest BCUT2D eigenvalue weighted by molar-refractivity contribution is -0.144. The van der Waals surface area contributed by atoms with Gasteiger partial charge in [0.15, 0.2) is 0 Å². The van der Waals surface area contributed by atoms with E-state index in [0.29, 0.717) is 12.1 Å². The fraction of sp³-hybridized carbons (Fsp3) is 0.412. The highest BCUT2D eigenvalue weighted by Gasteiger charge is 2.17. The molecule has 4 nitrogen and oxygen atoms in total. The molecule has 1 aliphatic heterocycles. The van der Waals surface area contributed by atoms with Gasteiger partial charge in [-0.05, 0) is 37.6 Å². The zero-order chi connectivity index (χ0) is 15.1. The predicted octanol–water partition coefficient (Wildman–Crippen LogP) is 2.84.